The largest absolute Gasteiger partial charge is 0.309 e. The zero-order chi connectivity index (χ0) is 12.2. The SMILES string of the molecule is c1ccc(Cn2cc(C3CCCCN3)nn2)cc1. The summed E-state index contributed by atoms with van der Waals surface area (Å²) < 4.78 is 1.92. The van der Waals surface area contributed by atoms with Crippen LogP contribution in [0.2, 0.25) is 0 Å². The van der Waals surface area contributed by atoms with E-state index < -0.39 is 0 Å². The second kappa shape index (κ2) is 5.31. The molecule has 0 amide bonds. The summed E-state index contributed by atoms with van der Waals surface area (Å²) in [4.78, 5) is 0. The zero-order valence-electron chi connectivity index (χ0n) is 10.4. The topological polar surface area (TPSA) is 42.7 Å². The lowest BCUT2D eigenvalue weighted by atomic mass is 10.0. The van der Waals surface area contributed by atoms with Gasteiger partial charge in [0.1, 0.15) is 0 Å². The van der Waals surface area contributed by atoms with Crippen LogP contribution >= 0.6 is 0 Å². The average molecular weight is 242 g/mol. The maximum atomic E-state index is 4.29. The Balaban J connectivity index is 1.69. The van der Waals surface area contributed by atoms with Crippen molar-refractivity contribution in [2.45, 2.75) is 31.8 Å². The van der Waals surface area contributed by atoms with Gasteiger partial charge in [0.05, 0.1) is 24.5 Å². The summed E-state index contributed by atoms with van der Waals surface area (Å²) in [7, 11) is 0. The first kappa shape index (κ1) is 11.4. The van der Waals surface area contributed by atoms with Gasteiger partial charge in [-0.2, -0.15) is 0 Å². The summed E-state index contributed by atoms with van der Waals surface area (Å²) in [6.07, 6.45) is 5.79. The molecule has 3 rings (SSSR count). The smallest absolute Gasteiger partial charge is 0.0996 e. The van der Waals surface area contributed by atoms with E-state index in [0.29, 0.717) is 6.04 Å². The molecule has 0 bridgehead atoms. The van der Waals surface area contributed by atoms with Crippen molar-refractivity contribution in [3.05, 3.63) is 47.8 Å². The number of piperidine rings is 1. The van der Waals surface area contributed by atoms with Crippen LogP contribution < -0.4 is 5.32 Å². The normalized spacial score (nSPS) is 19.9. The molecule has 1 aliphatic rings. The van der Waals surface area contributed by atoms with Crippen LogP contribution in [-0.2, 0) is 6.54 Å². The van der Waals surface area contributed by atoms with Crippen molar-refractivity contribution in [2.75, 3.05) is 6.54 Å². The third kappa shape index (κ3) is 2.59. The van der Waals surface area contributed by atoms with Gasteiger partial charge in [0.15, 0.2) is 0 Å². The van der Waals surface area contributed by atoms with Crippen molar-refractivity contribution >= 4 is 0 Å². The van der Waals surface area contributed by atoms with Gasteiger partial charge in [-0.15, -0.1) is 5.10 Å². The Hall–Kier alpha value is -1.68. The van der Waals surface area contributed by atoms with Crippen LogP contribution in [0.15, 0.2) is 36.5 Å². The highest BCUT2D eigenvalue weighted by Crippen LogP contribution is 2.20. The summed E-state index contributed by atoms with van der Waals surface area (Å²) >= 11 is 0. The molecule has 2 heterocycles. The molecule has 1 saturated heterocycles. The average Bonchev–Trinajstić information content (AvgIpc) is 2.89. The number of rotatable bonds is 3. The number of aromatic nitrogens is 3. The van der Waals surface area contributed by atoms with Gasteiger partial charge in [-0.3, -0.25) is 0 Å². The maximum absolute atomic E-state index is 4.29. The summed E-state index contributed by atoms with van der Waals surface area (Å²) in [5.41, 5.74) is 2.33. The van der Waals surface area contributed by atoms with E-state index in [4.69, 9.17) is 0 Å². The molecule has 4 nitrogen and oxygen atoms in total. The molecule has 18 heavy (non-hydrogen) atoms. The maximum Gasteiger partial charge on any atom is 0.0996 e. The van der Waals surface area contributed by atoms with Crippen molar-refractivity contribution in [3.63, 3.8) is 0 Å². The van der Waals surface area contributed by atoms with Gasteiger partial charge >= 0.3 is 0 Å². The lowest BCUT2D eigenvalue weighted by Crippen LogP contribution is -2.27. The van der Waals surface area contributed by atoms with Gasteiger partial charge in [0.2, 0.25) is 0 Å². The third-order valence-electron chi connectivity index (χ3n) is 3.41. The molecule has 0 radical (unpaired) electrons. The summed E-state index contributed by atoms with van der Waals surface area (Å²) in [5, 5.41) is 12.0. The highest BCUT2D eigenvalue weighted by Gasteiger charge is 2.17. The van der Waals surface area contributed by atoms with Crippen LogP contribution in [0, 0.1) is 0 Å². The molecule has 0 spiro atoms. The monoisotopic (exact) mass is 242 g/mol. The first-order valence-corrected chi connectivity index (χ1v) is 6.59. The predicted octanol–water partition coefficient (Wildman–Crippen LogP) is 2.14. The molecule has 94 valence electrons. The van der Waals surface area contributed by atoms with E-state index in [1.165, 1.54) is 24.8 Å². The Labute approximate surface area is 107 Å². The molecule has 1 N–H and O–H groups in total. The van der Waals surface area contributed by atoms with Crippen molar-refractivity contribution in [1.29, 1.82) is 0 Å². The van der Waals surface area contributed by atoms with Crippen LogP contribution in [-0.4, -0.2) is 21.5 Å². The van der Waals surface area contributed by atoms with Crippen LogP contribution in [0.3, 0.4) is 0 Å². The first-order valence-electron chi connectivity index (χ1n) is 6.59. The van der Waals surface area contributed by atoms with Gasteiger partial charge in [-0.05, 0) is 24.9 Å². The Morgan fingerprint density at radius 3 is 2.89 bits per heavy atom. The molecule has 1 aliphatic heterocycles. The number of nitrogens with zero attached hydrogens (tertiary/aromatic N) is 3. The lowest BCUT2D eigenvalue weighted by Gasteiger charge is -2.20. The lowest BCUT2D eigenvalue weighted by molar-refractivity contribution is 0.405. The molecule has 1 fully saturated rings. The highest BCUT2D eigenvalue weighted by atomic mass is 15.4. The molecule has 1 atom stereocenters. The van der Waals surface area contributed by atoms with Crippen LogP contribution in [0.25, 0.3) is 0 Å². The van der Waals surface area contributed by atoms with Crippen molar-refractivity contribution < 1.29 is 0 Å². The Bertz CT molecular complexity index is 486. The van der Waals surface area contributed by atoms with Gasteiger partial charge in [-0.1, -0.05) is 42.0 Å². The minimum absolute atomic E-state index is 0.392. The molecule has 0 saturated carbocycles. The fourth-order valence-corrected chi connectivity index (χ4v) is 2.43. The molecular weight excluding hydrogens is 224 g/mol. The molecule has 2 aromatic rings. The molecule has 0 aliphatic carbocycles. The van der Waals surface area contributed by atoms with E-state index >= 15 is 0 Å². The van der Waals surface area contributed by atoms with Crippen LogP contribution in [0.1, 0.15) is 36.6 Å². The number of hydrogen-bond donors (Lipinski definition) is 1. The fraction of sp³-hybridized carbons (Fsp3) is 0.429. The zero-order valence-corrected chi connectivity index (χ0v) is 10.4. The highest BCUT2D eigenvalue weighted by molar-refractivity contribution is 5.15. The minimum atomic E-state index is 0.392. The van der Waals surface area contributed by atoms with E-state index in [0.717, 1.165) is 18.8 Å². The predicted molar refractivity (Wildman–Crippen MR) is 70.2 cm³/mol. The molecule has 1 aromatic carbocycles. The van der Waals surface area contributed by atoms with Crippen molar-refractivity contribution in [3.8, 4) is 0 Å². The van der Waals surface area contributed by atoms with Gasteiger partial charge in [0.25, 0.3) is 0 Å². The molecule has 1 aromatic heterocycles. The summed E-state index contributed by atoms with van der Waals surface area (Å²) in [5.74, 6) is 0. The quantitative estimate of drug-likeness (QED) is 0.896. The first-order chi connectivity index (χ1) is 8.92. The molecule has 4 heteroatoms. The molecule has 1 unspecified atom stereocenters. The molecular formula is C14H18N4. The standard InChI is InChI=1S/C14H18N4/c1-2-6-12(7-3-1)10-18-11-14(16-17-18)13-8-4-5-9-15-13/h1-3,6-7,11,13,15H,4-5,8-10H2. The summed E-state index contributed by atoms with van der Waals surface area (Å²) in [6.45, 7) is 1.89. The second-order valence-corrected chi connectivity index (χ2v) is 4.83. The number of hydrogen-bond acceptors (Lipinski definition) is 3. The van der Waals surface area contributed by atoms with Gasteiger partial charge in [-0.25, -0.2) is 4.68 Å². The third-order valence-corrected chi connectivity index (χ3v) is 3.41. The van der Waals surface area contributed by atoms with E-state index in [-0.39, 0.29) is 0 Å². The Morgan fingerprint density at radius 1 is 1.22 bits per heavy atom. The van der Waals surface area contributed by atoms with E-state index in [1.807, 2.05) is 10.7 Å². The Morgan fingerprint density at radius 2 is 2.11 bits per heavy atom. The number of nitrogens with one attached hydrogen (secondary N) is 1. The van der Waals surface area contributed by atoms with E-state index in [9.17, 15) is 0 Å². The van der Waals surface area contributed by atoms with Crippen LogP contribution in [0.4, 0.5) is 0 Å². The van der Waals surface area contributed by atoms with Crippen LogP contribution in [0.5, 0.6) is 0 Å². The van der Waals surface area contributed by atoms with Crippen molar-refractivity contribution in [1.82, 2.24) is 20.3 Å². The number of benzene rings is 1. The van der Waals surface area contributed by atoms with Gasteiger partial charge in [0, 0.05) is 0 Å². The second-order valence-electron chi connectivity index (χ2n) is 4.83. The van der Waals surface area contributed by atoms with Gasteiger partial charge < -0.3 is 5.32 Å². The van der Waals surface area contributed by atoms with E-state index in [1.54, 1.807) is 0 Å². The van der Waals surface area contributed by atoms with E-state index in [2.05, 4.69) is 46.1 Å². The fourth-order valence-electron chi connectivity index (χ4n) is 2.43. The van der Waals surface area contributed by atoms with Crippen molar-refractivity contribution in [2.24, 2.45) is 0 Å². The summed E-state index contributed by atoms with van der Waals surface area (Å²) in [6, 6.07) is 10.7. The minimum Gasteiger partial charge on any atom is -0.309 e. The Kier molecular flexibility index (Phi) is 3.37.